The summed E-state index contributed by atoms with van der Waals surface area (Å²) in [4.78, 5) is 12.4. The van der Waals surface area contributed by atoms with E-state index < -0.39 is 0 Å². The zero-order chi connectivity index (χ0) is 11.3. The van der Waals surface area contributed by atoms with Crippen LogP contribution in [0.2, 0.25) is 0 Å². The van der Waals surface area contributed by atoms with Crippen LogP contribution in [0.25, 0.3) is 0 Å². The van der Waals surface area contributed by atoms with E-state index in [1.54, 1.807) is 18.2 Å². The van der Waals surface area contributed by atoms with Crippen LogP contribution in [0.15, 0.2) is 29.2 Å². The fourth-order valence-electron chi connectivity index (χ4n) is 1.08. The van der Waals surface area contributed by atoms with Crippen molar-refractivity contribution in [3.05, 3.63) is 29.8 Å². The SMILES string of the molecule is CC(CO)CNC(=O)c1cccc(S)c1. The molecule has 1 aromatic carbocycles. The van der Waals surface area contributed by atoms with Gasteiger partial charge in [-0.3, -0.25) is 4.79 Å². The molecule has 1 rings (SSSR count). The summed E-state index contributed by atoms with van der Waals surface area (Å²) in [6, 6.07) is 7.05. The summed E-state index contributed by atoms with van der Waals surface area (Å²) in [5.74, 6) is -0.0562. The van der Waals surface area contributed by atoms with Crippen molar-refractivity contribution < 1.29 is 9.90 Å². The summed E-state index contributed by atoms with van der Waals surface area (Å²) < 4.78 is 0. The lowest BCUT2D eigenvalue weighted by Gasteiger charge is -2.09. The van der Waals surface area contributed by atoms with Crippen molar-refractivity contribution in [1.29, 1.82) is 0 Å². The van der Waals surface area contributed by atoms with E-state index in [4.69, 9.17) is 5.11 Å². The molecule has 0 saturated heterocycles. The summed E-state index contributed by atoms with van der Waals surface area (Å²) in [7, 11) is 0. The van der Waals surface area contributed by atoms with E-state index in [1.165, 1.54) is 0 Å². The number of aliphatic hydroxyl groups is 1. The van der Waals surface area contributed by atoms with Gasteiger partial charge >= 0.3 is 0 Å². The molecule has 2 N–H and O–H groups in total. The Kier molecular flexibility index (Phi) is 4.65. The minimum atomic E-state index is -0.133. The van der Waals surface area contributed by atoms with Crippen LogP contribution in [-0.2, 0) is 0 Å². The van der Waals surface area contributed by atoms with E-state index in [9.17, 15) is 4.79 Å². The Labute approximate surface area is 94.9 Å². The lowest BCUT2D eigenvalue weighted by molar-refractivity contribution is 0.0942. The predicted molar refractivity (Wildman–Crippen MR) is 62.3 cm³/mol. The molecule has 1 atom stereocenters. The van der Waals surface area contributed by atoms with E-state index in [0.29, 0.717) is 12.1 Å². The Hall–Kier alpha value is -1.00. The summed E-state index contributed by atoms with van der Waals surface area (Å²) in [6.07, 6.45) is 0. The highest BCUT2D eigenvalue weighted by molar-refractivity contribution is 7.80. The largest absolute Gasteiger partial charge is 0.396 e. The Morgan fingerprint density at radius 1 is 1.60 bits per heavy atom. The van der Waals surface area contributed by atoms with Crippen molar-refractivity contribution in [3.8, 4) is 0 Å². The number of hydrogen-bond acceptors (Lipinski definition) is 3. The average molecular weight is 225 g/mol. The van der Waals surface area contributed by atoms with Crippen LogP contribution in [0, 0.1) is 5.92 Å². The smallest absolute Gasteiger partial charge is 0.251 e. The summed E-state index contributed by atoms with van der Waals surface area (Å²) in [5, 5.41) is 11.5. The zero-order valence-electron chi connectivity index (χ0n) is 8.60. The molecule has 0 fully saturated rings. The van der Waals surface area contributed by atoms with E-state index in [-0.39, 0.29) is 18.4 Å². The molecule has 0 spiro atoms. The van der Waals surface area contributed by atoms with Gasteiger partial charge in [0.25, 0.3) is 5.91 Å². The number of benzene rings is 1. The first-order valence-corrected chi connectivity index (χ1v) is 5.26. The van der Waals surface area contributed by atoms with Crippen LogP contribution >= 0.6 is 12.6 Å². The lowest BCUT2D eigenvalue weighted by atomic mass is 10.2. The number of nitrogens with one attached hydrogen (secondary N) is 1. The summed E-state index contributed by atoms with van der Waals surface area (Å²) >= 11 is 4.16. The Morgan fingerprint density at radius 2 is 2.33 bits per heavy atom. The number of carbonyl (C=O) groups excluding carboxylic acids is 1. The Balaban J connectivity index is 2.54. The Morgan fingerprint density at radius 3 is 2.93 bits per heavy atom. The van der Waals surface area contributed by atoms with Crippen molar-refractivity contribution in [1.82, 2.24) is 5.32 Å². The van der Waals surface area contributed by atoms with Gasteiger partial charge in [-0.1, -0.05) is 13.0 Å². The Bertz CT molecular complexity index is 341. The van der Waals surface area contributed by atoms with Crippen molar-refractivity contribution in [2.45, 2.75) is 11.8 Å². The molecule has 0 aromatic heterocycles. The molecule has 15 heavy (non-hydrogen) atoms. The van der Waals surface area contributed by atoms with Gasteiger partial charge in [-0.05, 0) is 24.1 Å². The van der Waals surface area contributed by atoms with Gasteiger partial charge in [-0.15, -0.1) is 12.6 Å². The van der Waals surface area contributed by atoms with Crippen LogP contribution in [-0.4, -0.2) is 24.2 Å². The van der Waals surface area contributed by atoms with Gasteiger partial charge in [-0.2, -0.15) is 0 Å². The molecule has 3 nitrogen and oxygen atoms in total. The second-order valence-corrected chi connectivity index (χ2v) is 4.06. The molecule has 1 aromatic rings. The van der Waals surface area contributed by atoms with E-state index in [1.807, 2.05) is 13.0 Å². The second-order valence-electron chi connectivity index (χ2n) is 3.55. The third-order valence-electron chi connectivity index (χ3n) is 2.03. The predicted octanol–water partition coefficient (Wildman–Crippen LogP) is 1.33. The van der Waals surface area contributed by atoms with Crippen LogP contribution in [0.4, 0.5) is 0 Å². The molecule has 0 radical (unpaired) electrons. The van der Waals surface area contributed by atoms with Crippen LogP contribution < -0.4 is 5.32 Å². The highest BCUT2D eigenvalue weighted by atomic mass is 32.1. The monoisotopic (exact) mass is 225 g/mol. The van der Waals surface area contributed by atoms with Gasteiger partial charge in [0.15, 0.2) is 0 Å². The number of amides is 1. The van der Waals surface area contributed by atoms with Gasteiger partial charge in [0, 0.05) is 23.6 Å². The quantitative estimate of drug-likeness (QED) is 0.677. The van der Waals surface area contributed by atoms with Crippen LogP contribution in [0.3, 0.4) is 0 Å². The van der Waals surface area contributed by atoms with Crippen molar-refractivity contribution >= 4 is 18.5 Å². The first-order valence-electron chi connectivity index (χ1n) is 4.81. The molecule has 1 amide bonds. The molecule has 4 heteroatoms. The first kappa shape index (κ1) is 12.1. The van der Waals surface area contributed by atoms with Crippen LogP contribution in [0.1, 0.15) is 17.3 Å². The highest BCUT2D eigenvalue weighted by Crippen LogP contribution is 2.08. The van der Waals surface area contributed by atoms with Gasteiger partial charge in [0.05, 0.1) is 0 Å². The molecular formula is C11H15NO2S. The fraction of sp³-hybridized carbons (Fsp3) is 0.364. The lowest BCUT2D eigenvalue weighted by Crippen LogP contribution is -2.29. The van der Waals surface area contributed by atoms with Crippen molar-refractivity contribution in [3.63, 3.8) is 0 Å². The number of carbonyl (C=O) groups is 1. The molecule has 0 aliphatic rings. The molecule has 0 heterocycles. The minimum Gasteiger partial charge on any atom is -0.396 e. The maximum Gasteiger partial charge on any atom is 0.251 e. The third kappa shape index (κ3) is 3.93. The molecule has 0 aliphatic carbocycles. The van der Waals surface area contributed by atoms with Crippen molar-refractivity contribution in [2.75, 3.05) is 13.2 Å². The van der Waals surface area contributed by atoms with E-state index >= 15 is 0 Å². The minimum absolute atomic E-state index is 0.0763. The highest BCUT2D eigenvalue weighted by Gasteiger charge is 2.06. The molecule has 0 bridgehead atoms. The van der Waals surface area contributed by atoms with Crippen molar-refractivity contribution in [2.24, 2.45) is 5.92 Å². The number of aliphatic hydroxyl groups excluding tert-OH is 1. The van der Waals surface area contributed by atoms with Gasteiger partial charge in [-0.25, -0.2) is 0 Å². The number of thiol groups is 1. The maximum absolute atomic E-state index is 11.6. The topological polar surface area (TPSA) is 49.3 Å². The van der Waals surface area contributed by atoms with Gasteiger partial charge in [0.1, 0.15) is 0 Å². The number of hydrogen-bond donors (Lipinski definition) is 3. The zero-order valence-corrected chi connectivity index (χ0v) is 9.50. The molecule has 0 aliphatic heterocycles. The summed E-state index contributed by atoms with van der Waals surface area (Å²) in [5.41, 5.74) is 0.590. The summed E-state index contributed by atoms with van der Waals surface area (Å²) in [6.45, 7) is 2.42. The van der Waals surface area contributed by atoms with Gasteiger partial charge in [0.2, 0.25) is 0 Å². The maximum atomic E-state index is 11.6. The average Bonchev–Trinajstić information content (AvgIpc) is 2.25. The second kappa shape index (κ2) is 5.78. The third-order valence-corrected chi connectivity index (χ3v) is 2.31. The standard InChI is InChI=1S/C11H15NO2S/c1-8(7-13)6-12-11(14)9-3-2-4-10(15)5-9/h2-5,8,13,15H,6-7H2,1H3,(H,12,14). The molecular weight excluding hydrogens is 210 g/mol. The normalized spacial score (nSPS) is 12.2. The van der Waals surface area contributed by atoms with Crippen LogP contribution in [0.5, 0.6) is 0 Å². The molecule has 82 valence electrons. The van der Waals surface area contributed by atoms with Gasteiger partial charge < -0.3 is 10.4 Å². The molecule has 0 saturated carbocycles. The first-order chi connectivity index (χ1) is 7.13. The molecule has 1 unspecified atom stereocenters. The van der Waals surface area contributed by atoms with E-state index in [2.05, 4.69) is 17.9 Å². The number of rotatable bonds is 4. The fourth-order valence-corrected chi connectivity index (χ4v) is 1.31. The van der Waals surface area contributed by atoms with E-state index in [0.717, 1.165) is 4.90 Å².